The lowest BCUT2D eigenvalue weighted by atomic mass is 10.1. The zero-order valence-corrected chi connectivity index (χ0v) is 26.3. The van der Waals surface area contributed by atoms with Crippen LogP contribution in [0.5, 0.6) is 0 Å². The Balaban J connectivity index is 0.000000261. The summed E-state index contributed by atoms with van der Waals surface area (Å²) in [6, 6.07) is 32.0. The van der Waals surface area contributed by atoms with E-state index < -0.39 is 36.5 Å². The Bertz CT molecular complexity index is 1660. The Kier molecular flexibility index (Phi) is 13.8. The average Bonchev–Trinajstić information content (AvgIpc) is 3.05. The van der Waals surface area contributed by atoms with Crippen molar-refractivity contribution in [3.8, 4) is 0 Å². The fourth-order valence-corrected chi connectivity index (χ4v) is 4.56. The smallest absolute Gasteiger partial charge is 0.422 e. The predicted octanol–water partition coefficient (Wildman–Crippen LogP) is 6.33. The fourth-order valence-electron chi connectivity index (χ4n) is 4.17. The molecule has 4 rings (SSSR count). The van der Waals surface area contributed by atoms with Gasteiger partial charge in [0.15, 0.2) is 6.61 Å². The SMILES string of the molecule is NC(=O)C(=O)N(Cc1ccccc1)Cc1ccccc1Cl.O=C(OCC(F)(F)F)C(=O)N(Cc1ccccc1)Cc1ccccc1Cl. The summed E-state index contributed by atoms with van der Waals surface area (Å²) < 4.78 is 40.7. The highest BCUT2D eigenvalue weighted by Gasteiger charge is 2.33. The first-order valence-electron chi connectivity index (χ1n) is 14.0. The Labute approximate surface area is 279 Å². The van der Waals surface area contributed by atoms with Gasteiger partial charge in [0.2, 0.25) is 0 Å². The van der Waals surface area contributed by atoms with E-state index in [1.165, 1.54) is 4.90 Å². The van der Waals surface area contributed by atoms with Crippen LogP contribution in [-0.4, -0.2) is 46.3 Å². The maximum absolute atomic E-state index is 12.3. The average molecular weight is 689 g/mol. The third kappa shape index (κ3) is 12.4. The van der Waals surface area contributed by atoms with Crippen molar-refractivity contribution in [3.63, 3.8) is 0 Å². The molecular formula is C34H30Cl2F3N3O5. The summed E-state index contributed by atoms with van der Waals surface area (Å²) in [7, 11) is 0. The zero-order chi connectivity index (χ0) is 34.4. The molecule has 2 N–H and O–H groups in total. The molecule has 4 aromatic rings. The van der Waals surface area contributed by atoms with Crippen LogP contribution < -0.4 is 5.73 Å². The molecule has 13 heteroatoms. The molecule has 0 fully saturated rings. The number of amides is 3. The van der Waals surface area contributed by atoms with Crippen LogP contribution in [0, 0.1) is 0 Å². The number of benzene rings is 4. The van der Waals surface area contributed by atoms with Gasteiger partial charge in [0, 0.05) is 36.2 Å². The van der Waals surface area contributed by atoms with E-state index in [-0.39, 0.29) is 19.6 Å². The van der Waals surface area contributed by atoms with Gasteiger partial charge < -0.3 is 20.3 Å². The van der Waals surface area contributed by atoms with Gasteiger partial charge in [-0.3, -0.25) is 14.4 Å². The van der Waals surface area contributed by atoms with E-state index in [4.69, 9.17) is 28.9 Å². The van der Waals surface area contributed by atoms with Crippen molar-refractivity contribution in [3.05, 3.63) is 141 Å². The first-order valence-corrected chi connectivity index (χ1v) is 14.8. The quantitative estimate of drug-likeness (QED) is 0.163. The minimum atomic E-state index is -4.71. The summed E-state index contributed by atoms with van der Waals surface area (Å²) in [6.07, 6.45) is -4.71. The molecule has 3 amide bonds. The Morgan fingerprint density at radius 1 is 0.596 bits per heavy atom. The lowest BCUT2D eigenvalue weighted by molar-refractivity contribution is -0.189. The predicted molar refractivity (Wildman–Crippen MR) is 171 cm³/mol. The van der Waals surface area contributed by atoms with Crippen molar-refractivity contribution >= 4 is 46.9 Å². The summed E-state index contributed by atoms with van der Waals surface area (Å²) in [5.41, 5.74) is 8.07. The number of primary amides is 1. The number of halogens is 5. The second-order valence-corrected chi connectivity index (χ2v) is 10.8. The van der Waals surface area contributed by atoms with E-state index in [1.54, 1.807) is 60.7 Å². The molecule has 0 aliphatic heterocycles. The van der Waals surface area contributed by atoms with Crippen LogP contribution in [0.25, 0.3) is 0 Å². The first kappa shape index (κ1) is 36.6. The number of carbonyl (C=O) groups is 4. The van der Waals surface area contributed by atoms with Crippen LogP contribution in [0.2, 0.25) is 10.0 Å². The van der Waals surface area contributed by atoms with Crippen molar-refractivity contribution in [1.29, 1.82) is 0 Å². The molecule has 246 valence electrons. The molecule has 0 spiro atoms. The Morgan fingerprint density at radius 2 is 0.979 bits per heavy atom. The summed E-state index contributed by atoms with van der Waals surface area (Å²) in [5, 5.41) is 0.926. The van der Waals surface area contributed by atoms with E-state index in [0.29, 0.717) is 27.7 Å². The summed E-state index contributed by atoms with van der Waals surface area (Å²) in [5.74, 6) is -4.43. The highest BCUT2D eigenvalue weighted by Crippen LogP contribution is 2.21. The number of alkyl halides is 3. The normalized spacial score (nSPS) is 10.7. The van der Waals surface area contributed by atoms with Crippen LogP contribution >= 0.6 is 23.2 Å². The van der Waals surface area contributed by atoms with Crippen LogP contribution in [0.4, 0.5) is 13.2 Å². The Hall–Kier alpha value is -4.87. The summed E-state index contributed by atoms with van der Waals surface area (Å²) in [6.45, 7) is -1.31. The van der Waals surface area contributed by atoms with Crippen molar-refractivity contribution in [2.24, 2.45) is 5.73 Å². The molecule has 0 radical (unpaired) electrons. The number of hydrogen-bond acceptors (Lipinski definition) is 5. The molecule has 4 aromatic carbocycles. The van der Waals surface area contributed by atoms with Gasteiger partial charge in [0.1, 0.15) is 0 Å². The lowest BCUT2D eigenvalue weighted by Gasteiger charge is -2.22. The number of carbonyl (C=O) groups excluding carboxylic acids is 4. The summed E-state index contributed by atoms with van der Waals surface area (Å²) in [4.78, 5) is 49.7. The monoisotopic (exact) mass is 687 g/mol. The number of rotatable bonds is 9. The molecule has 0 saturated carbocycles. The molecule has 0 saturated heterocycles. The molecule has 0 bridgehead atoms. The van der Waals surface area contributed by atoms with Gasteiger partial charge in [-0.1, -0.05) is 120 Å². The maximum atomic E-state index is 12.3. The third-order valence-electron chi connectivity index (χ3n) is 6.40. The van der Waals surface area contributed by atoms with Crippen molar-refractivity contribution in [2.75, 3.05) is 6.61 Å². The van der Waals surface area contributed by atoms with Gasteiger partial charge >= 0.3 is 29.9 Å². The van der Waals surface area contributed by atoms with Gasteiger partial charge in [-0.05, 0) is 34.4 Å². The standard InChI is InChI=1S/C18H15ClF3NO3.C16H15ClN2O2/c19-15-9-5-4-8-14(15)11-23(10-13-6-2-1-3-7-13)16(24)17(25)26-12-18(20,21)22;17-14-9-5-4-8-13(14)11-19(16(21)15(18)20)10-12-6-2-1-3-7-12/h1-9H,10-12H2;1-9H,10-11H2,(H2,18,20). The lowest BCUT2D eigenvalue weighted by Crippen LogP contribution is -2.39. The molecule has 0 heterocycles. The molecule has 8 nitrogen and oxygen atoms in total. The fraction of sp³-hybridized carbons (Fsp3) is 0.176. The number of nitrogens with two attached hydrogens (primary N) is 1. The number of nitrogens with zero attached hydrogens (tertiary/aromatic N) is 2. The van der Waals surface area contributed by atoms with Gasteiger partial charge in [-0.25, -0.2) is 4.79 Å². The summed E-state index contributed by atoms with van der Waals surface area (Å²) >= 11 is 12.2. The van der Waals surface area contributed by atoms with E-state index in [2.05, 4.69) is 4.74 Å². The topological polar surface area (TPSA) is 110 Å². The van der Waals surface area contributed by atoms with E-state index in [9.17, 15) is 32.3 Å². The second kappa shape index (κ2) is 17.7. The van der Waals surface area contributed by atoms with Crippen LogP contribution in [-0.2, 0) is 50.1 Å². The van der Waals surface area contributed by atoms with Gasteiger partial charge in [0.05, 0.1) is 0 Å². The minimum Gasteiger partial charge on any atom is -0.449 e. The molecule has 0 atom stereocenters. The largest absolute Gasteiger partial charge is 0.449 e. The number of esters is 1. The van der Waals surface area contributed by atoms with Gasteiger partial charge in [-0.2, -0.15) is 13.2 Å². The van der Waals surface area contributed by atoms with Crippen molar-refractivity contribution in [1.82, 2.24) is 9.80 Å². The van der Waals surface area contributed by atoms with Crippen molar-refractivity contribution < 1.29 is 37.1 Å². The van der Waals surface area contributed by atoms with Gasteiger partial charge in [0.25, 0.3) is 0 Å². The Morgan fingerprint density at radius 3 is 1.36 bits per heavy atom. The highest BCUT2D eigenvalue weighted by atomic mass is 35.5. The second-order valence-electron chi connectivity index (χ2n) is 10.0. The zero-order valence-electron chi connectivity index (χ0n) is 24.8. The molecule has 0 aliphatic carbocycles. The first-order chi connectivity index (χ1) is 22.3. The van der Waals surface area contributed by atoms with Crippen molar-refractivity contribution in [2.45, 2.75) is 32.4 Å². The van der Waals surface area contributed by atoms with E-state index in [1.807, 2.05) is 48.5 Å². The molecule has 47 heavy (non-hydrogen) atoms. The van der Waals surface area contributed by atoms with Crippen LogP contribution in [0.1, 0.15) is 22.3 Å². The molecular weight excluding hydrogens is 658 g/mol. The number of ether oxygens (including phenoxy) is 1. The van der Waals surface area contributed by atoms with E-state index >= 15 is 0 Å². The maximum Gasteiger partial charge on any atom is 0.422 e. The van der Waals surface area contributed by atoms with Crippen LogP contribution in [0.15, 0.2) is 109 Å². The van der Waals surface area contributed by atoms with Crippen LogP contribution in [0.3, 0.4) is 0 Å². The number of hydrogen-bond donors (Lipinski definition) is 1. The minimum absolute atomic E-state index is 0.0199. The third-order valence-corrected chi connectivity index (χ3v) is 7.13. The van der Waals surface area contributed by atoms with Gasteiger partial charge in [-0.15, -0.1) is 0 Å². The molecule has 0 aliphatic rings. The van der Waals surface area contributed by atoms with E-state index in [0.717, 1.165) is 16.0 Å². The molecule has 0 unspecified atom stereocenters. The highest BCUT2D eigenvalue weighted by molar-refractivity contribution is 6.34. The molecule has 0 aromatic heterocycles.